The maximum Gasteiger partial charge on any atom is 0.264 e. The van der Waals surface area contributed by atoms with Gasteiger partial charge in [-0.05, 0) is 93.4 Å². The molecule has 5 aliphatic rings. The highest BCUT2D eigenvalue weighted by atomic mass is 16.2. The molecule has 3 N–H and O–H groups in total. The van der Waals surface area contributed by atoms with Gasteiger partial charge in [0.15, 0.2) is 0 Å². The second-order valence-corrected chi connectivity index (χ2v) is 12.6. The largest absolute Gasteiger partial charge is 0.379 e. The third-order valence-corrected chi connectivity index (χ3v) is 9.68. The Kier molecular flexibility index (Phi) is 6.22. The van der Waals surface area contributed by atoms with Crippen molar-refractivity contribution < 1.29 is 9.59 Å². The van der Waals surface area contributed by atoms with Gasteiger partial charge in [0, 0.05) is 30.4 Å². The summed E-state index contributed by atoms with van der Waals surface area (Å²) in [6.45, 7) is 3.02. The standard InChI is InChI=1S/C31H36N6O3/c1-18-35-25-4-2-3-24(28(25)30(40)37(18)26-7-8-27(38)36-29(26)39)33-17-23-6-5-19(15-32-23)16-34-31-12-20-9-21(13-31)11-22(10-20)14-31/h2-6,15,20-22,26,33-34H,7-14,16-17H2,1H3,(H,36,38,39). The highest BCUT2D eigenvalue weighted by molar-refractivity contribution is 5.99. The van der Waals surface area contributed by atoms with E-state index >= 15 is 0 Å². The number of nitrogens with zero attached hydrogens (tertiary/aromatic N) is 3. The zero-order valence-corrected chi connectivity index (χ0v) is 22.9. The average molecular weight is 541 g/mol. The fourth-order valence-corrected chi connectivity index (χ4v) is 8.26. The number of carbonyl (C=O) groups is 2. The maximum absolute atomic E-state index is 13.6. The number of carbonyl (C=O) groups excluding carboxylic acids is 2. The van der Waals surface area contributed by atoms with Crippen LogP contribution < -0.4 is 21.5 Å². The van der Waals surface area contributed by atoms with E-state index in [-0.39, 0.29) is 24.3 Å². The molecule has 1 aromatic carbocycles. The van der Waals surface area contributed by atoms with Crippen LogP contribution in [0.15, 0.2) is 41.3 Å². The predicted octanol–water partition coefficient (Wildman–Crippen LogP) is 3.75. The first-order chi connectivity index (χ1) is 19.4. The van der Waals surface area contributed by atoms with Gasteiger partial charge in [-0.1, -0.05) is 12.1 Å². The molecule has 9 nitrogen and oxygen atoms in total. The first kappa shape index (κ1) is 25.4. The van der Waals surface area contributed by atoms with Crippen molar-refractivity contribution in [2.24, 2.45) is 17.8 Å². The Morgan fingerprint density at radius 3 is 2.42 bits per heavy atom. The van der Waals surface area contributed by atoms with Crippen molar-refractivity contribution in [3.05, 3.63) is 64.0 Å². The molecular weight excluding hydrogens is 504 g/mol. The van der Waals surface area contributed by atoms with Crippen LogP contribution in [0.1, 0.15) is 74.5 Å². The van der Waals surface area contributed by atoms with Crippen LogP contribution in [-0.2, 0) is 22.7 Å². The molecule has 0 radical (unpaired) electrons. The summed E-state index contributed by atoms with van der Waals surface area (Å²) in [7, 11) is 0. The lowest BCUT2D eigenvalue weighted by Gasteiger charge is -2.57. The molecule has 1 atom stereocenters. The van der Waals surface area contributed by atoms with Crippen molar-refractivity contribution in [1.29, 1.82) is 0 Å². The first-order valence-electron chi connectivity index (χ1n) is 14.6. The van der Waals surface area contributed by atoms with E-state index in [0.717, 1.165) is 30.0 Å². The minimum absolute atomic E-state index is 0.194. The quantitative estimate of drug-likeness (QED) is 0.391. The molecule has 8 rings (SSSR count). The lowest BCUT2D eigenvalue weighted by molar-refractivity contribution is -0.135. The highest BCUT2D eigenvalue weighted by Gasteiger charge is 2.50. The number of aryl methyl sites for hydroxylation is 1. The molecule has 4 aliphatic carbocycles. The number of piperidine rings is 1. The second-order valence-electron chi connectivity index (χ2n) is 12.6. The summed E-state index contributed by atoms with van der Waals surface area (Å²) in [5.41, 5.74) is 3.31. The summed E-state index contributed by atoms with van der Waals surface area (Å²) < 4.78 is 1.42. The summed E-state index contributed by atoms with van der Waals surface area (Å²) in [5, 5.41) is 10.1. The topological polar surface area (TPSA) is 118 Å². The van der Waals surface area contributed by atoms with E-state index in [0.29, 0.717) is 34.5 Å². The molecule has 9 heteroatoms. The van der Waals surface area contributed by atoms with Gasteiger partial charge in [0.05, 0.1) is 23.1 Å². The van der Waals surface area contributed by atoms with Gasteiger partial charge in [0.1, 0.15) is 11.9 Å². The van der Waals surface area contributed by atoms with Crippen molar-refractivity contribution in [1.82, 2.24) is 25.2 Å². The third-order valence-electron chi connectivity index (χ3n) is 9.68. The normalized spacial score (nSPS) is 29.1. The van der Waals surface area contributed by atoms with Crippen molar-refractivity contribution in [3.8, 4) is 0 Å². The highest BCUT2D eigenvalue weighted by Crippen LogP contribution is 2.55. The van der Waals surface area contributed by atoms with E-state index in [4.69, 9.17) is 4.98 Å². The van der Waals surface area contributed by atoms with Crippen molar-refractivity contribution in [2.75, 3.05) is 5.32 Å². The Labute approximate surface area is 233 Å². The van der Waals surface area contributed by atoms with Crippen LogP contribution in [0.5, 0.6) is 0 Å². The summed E-state index contributed by atoms with van der Waals surface area (Å²) in [5.74, 6) is 2.44. The molecule has 4 bridgehead atoms. The number of amides is 2. The number of aromatic nitrogens is 3. The molecule has 2 aromatic heterocycles. The lowest BCUT2D eigenvalue weighted by atomic mass is 9.53. The summed E-state index contributed by atoms with van der Waals surface area (Å²) >= 11 is 0. The molecule has 1 aliphatic heterocycles. The number of hydrogen-bond donors (Lipinski definition) is 3. The van der Waals surface area contributed by atoms with Crippen LogP contribution in [0, 0.1) is 24.7 Å². The fraction of sp³-hybridized carbons (Fsp3) is 0.516. The summed E-state index contributed by atoms with van der Waals surface area (Å²) in [4.78, 5) is 47.1. The van der Waals surface area contributed by atoms with E-state index in [1.807, 2.05) is 24.4 Å². The Hall–Kier alpha value is -3.59. The average Bonchev–Trinajstić information content (AvgIpc) is 2.91. The van der Waals surface area contributed by atoms with Crippen LogP contribution in [0.3, 0.4) is 0 Å². The number of fused-ring (bicyclic) bond motifs is 1. The molecule has 2 amide bonds. The van der Waals surface area contributed by atoms with Crippen molar-refractivity contribution in [2.45, 2.75) is 83.0 Å². The van der Waals surface area contributed by atoms with Gasteiger partial charge in [-0.2, -0.15) is 0 Å². The summed E-state index contributed by atoms with van der Waals surface area (Å²) in [6.07, 6.45) is 10.8. The minimum atomic E-state index is -0.753. The Bertz CT molecular complexity index is 1510. The smallest absolute Gasteiger partial charge is 0.264 e. The molecule has 0 spiro atoms. The Morgan fingerprint density at radius 2 is 1.75 bits per heavy atom. The third kappa shape index (κ3) is 4.60. The number of anilines is 1. The molecule has 4 saturated carbocycles. The molecule has 3 heterocycles. The fourth-order valence-electron chi connectivity index (χ4n) is 8.26. The molecular formula is C31H36N6O3. The van der Waals surface area contributed by atoms with Gasteiger partial charge in [-0.3, -0.25) is 29.3 Å². The molecule has 1 saturated heterocycles. The zero-order valence-electron chi connectivity index (χ0n) is 22.9. The minimum Gasteiger partial charge on any atom is -0.379 e. The van der Waals surface area contributed by atoms with Crippen LogP contribution in [0.2, 0.25) is 0 Å². The lowest BCUT2D eigenvalue weighted by Crippen LogP contribution is -2.58. The Balaban J connectivity index is 1.05. The number of benzene rings is 1. The molecule has 40 heavy (non-hydrogen) atoms. The molecule has 208 valence electrons. The number of rotatable bonds is 7. The van der Waals surface area contributed by atoms with Crippen LogP contribution in [0.4, 0.5) is 5.69 Å². The van der Waals surface area contributed by atoms with Crippen molar-refractivity contribution >= 4 is 28.4 Å². The number of pyridine rings is 1. The number of hydrogen-bond acceptors (Lipinski definition) is 7. The van der Waals surface area contributed by atoms with Gasteiger partial charge in [-0.25, -0.2) is 4.98 Å². The second kappa shape index (κ2) is 9.80. The monoisotopic (exact) mass is 540 g/mol. The van der Waals surface area contributed by atoms with Crippen LogP contribution in [-0.4, -0.2) is 31.9 Å². The van der Waals surface area contributed by atoms with Crippen LogP contribution in [0.25, 0.3) is 10.9 Å². The first-order valence-corrected chi connectivity index (χ1v) is 14.6. The van der Waals surface area contributed by atoms with Gasteiger partial charge >= 0.3 is 0 Å². The maximum atomic E-state index is 13.6. The molecule has 5 fully saturated rings. The van der Waals surface area contributed by atoms with E-state index in [1.54, 1.807) is 13.0 Å². The van der Waals surface area contributed by atoms with E-state index in [1.165, 1.54) is 48.7 Å². The summed E-state index contributed by atoms with van der Waals surface area (Å²) in [6, 6.07) is 8.93. The van der Waals surface area contributed by atoms with E-state index in [9.17, 15) is 14.4 Å². The van der Waals surface area contributed by atoms with Gasteiger partial charge in [0.2, 0.25) is 11.8 Å². The zero-order chi connectivity index (χ0) is 27.4. The SMILES string of the molecule is Cc1nc2cccc(NCc3ccc(CNC45CC6CC(CC(C6)C4)C5)cn3)c2c(=O)n1C1CCC(=O)NC1=O. The van der Waals surface area contributed by atoms with E-state index in [2.05, 4.69) is 27.0 Å². The molecule has 1 unspecified atom stereocenters. The molecule has 3 aromatic rings. The van der Waals surface area contributed by atoms with Gasteiger partial charge in [-0.15, -0.1) is 0 Å². The van der Waals surface area contributed by atoms with Crippen molar-refractivity contribution in [3.63, 3.8) is 0 Å². The van der Waals surface area contributed by atoms with Gasteiger partial charge in [0.25, 0.3) is 5.56 Å². The Morgan fingerprint density at radius 1 is 1.00 bits per heavy atom. The number of imide groups is 1. The van der Waals surface area contributed by atoms with Gasteiger partial charge < -0.3 is 10.6 Å². The predicted molar refractivity (Wildman–Crippen MR) is 151 cm³/mol. The van der Waals surface area contributed by atoms with E-state index < -0.39 is 11.9 Å². The number of nitrogens with one attached hydrogen (secondary N) is 3. The van der Waals surface area contributed by atoms with Crippen LogP contribution >= 0.6 is 0 Å².